The molecule has 1 atom stereocenters. The van der Waals surface area contributed by atoms with Crippen LogP contribution in [0.15, 0.2) is 79.4 Å². The third-order valence-electron chi connectivity index (χ3n) is 5.41. The molecule has 0 radical (unpaired) electrons. The third kappa shape index (κ3) is 3.44. The first-order chi connectivity index (χ1) is 13.9. The van der Waals surface area contributed by atoms with Gasteiger partial charge < -0.3 is 9.47 Å². The summed E-state index contributed by atoms with van der Waals surface area (Å²) in [4.78, 5) is 11.3. The number of ether oxygens (including phenoxy) is 2. The van der Waals surface area contributed by atoms with Crippen molar-refractivity contribution >= 4 is 0 Å². The second-order valence-corrected chi connectivity index (χ2v) is 6.88. The van der Waals surface area contributed by atoms with Crippen LogP contribution in [0.4, 0.5) is 0 Å². The Bertz CT molecular complexity index is 813. The Morgan fingerprint density at radius 1 is 0.893 bits per heavy atom. The van der Waals surface area contributed by atoms with Crippen molar-refractivity contribution < 1.29 is 9.47 Å². The molecule has 0 N–H and O–H groups in total. The molecule has 0 aliphatic carbocycles. The Labute approximate surface area is 166 Å². The molecule has 5 heteroatoms. The molecular weight excluding hydrogens is 350 g/mol. The highest BCUT2D eigenvalue weighted by Crippen LogP contribution is 2.47. The average molecular weight is 375 g/mol. The zero-order valence-electron chi connectivity index (χ0n) is 16.1. The normalized spacial score (nSPS) is 16.6. The minimum Gasteiger partial charge on any atom is -0.379 e. The van der Waals surface area contributed by atoms with Crippen molar-refractivity contribution in [1.82, 2.24) is 14.9 Å². The van der Waals surface area contributed by atoms with Gasteiger partial charge in [0.15, 0.2) is 0 Å². The van der Waals surface area contributed by atoms with Crippen LogP contribution in [0.25, 0.3) is 0 Å². The summed E-state index contributed by atoms with van der Waals surface area (Å²) in [6, 6.07) is 18.6. The first-order valence-corrected chi connectivity index (χ1v) is 9.59. The van der Waals surface area contributed by atoms with Crippen molar-refractivity contribution in [2.45, 2.75) is 11.6 Å². The van der Waals surface area contributed by atoms with E-state index in [1.807, 2.05) is 30.6 Å². The predicted molar refractivity (Wildman–Crippen MR) is 108 cm³/mol. The maximum Gasteiger partial charge on any atom is 0.140 e. The first-order valence-electron chi connectivity index (χ1n) is 9.59. The minimum atomic E-state index is -0.749. The van der Waals surface area contributed by atoms with Gasteiger partial charge in [-0.1, -0.05) is 42.5 Å². The van der Waals surface area contributed by atoms with Gasteiger partial charge in [-0.15, -0.1) is 0 Å². The van der Waals surface area contributed by atoms with E-state index in [-0.39, 0.29) is 6.04 Å². The van der Waals surface area contributed by atoms with E-state index in [1.54, 1.807) is 19.5 Å². The summed E-state index contributed by atoms with van der Waals surface area (Å²) >= 11 is 0. The van der Waals surface area contributed by atoms with Crippen molar-refractivity contribution in [2.24, 2.45) is 0 Å². The fourth-order valence-electron chi connectivity index (χ4n) is 4.17. The minimum absolute atomic E-state index is 0.0454. The van der Waals surface area contributed by atoms with E-state index >= 15 is 0 Å². The summed E-state index contributed by atoms with van der Waals surface area (Å²) in [6.45, 7) is 3.10. The van der Waals surface area contributed by atoms with Crippen molar-refractivity contribution in [3.63, 3.8) is 0 Å². The van der Waals surface area contributed by atoms with Gasteiger partial charge in [-0.25, -0.2) is 0 Å². The van der Waals surface area contributed by atoms with E-state index in [1.165, 1.54) is 5.56 Å². The van der Waals surface area contributed by atoms with Crippen LogP contribution in [0.3, 0.4) is 0 Å². The van der Waals surface area contributed by atoms with Crippen molar-refractivity contribution in [3.8, 4) is 0 Å². The number of aromatic nitrogens is 2. The molecule has 28 heavy (non-hydrogen) atoms. The number of morpholine rings is 1. The van der Waals surface area contributed by atoms with Crippen molar-refractivity contribution in [3.05, 3.63) is 96.1 Å². The molecule has 0 bridgehead atoms. The van der Waals surface area contributed by atoms with Crippen LogP contribution in [0.5, 0.6) is 0 Å². The highest BCUT2D eigenvalue weighted by atomic mass is 16.5. The van der Waals surface area contributed by atoms with Crippen LogP contribution >= 0.6 is 0 Å². The lowest BCUT2D eigenvalue weighted by Gasteiger charge is -2.47. The summed E-state index contributed by atoms with van der Waals surface area (Å²) in [5, 5.41) is 0. The summed E-state index contributed by atoms with van der Waals surface area (Å²) < 4.78 is 12.1. The number of hydrogen-bond donors (Lipinski definition) is 0. The summed E-state index contributed by atoms with van der Waals surface area (Å²) in [6.07, 6.45) is 7.37. The molecule has 5 nitrogen and oxygen atoms in total. The standard InChI is InChI=1S/C23H25N3O2/c1-27-23(20-9-5-11-24-17-20,21-10-6-12-25-18-21)22(19-7-3-2-4-8-19)26-13-15-28-16-14-26/h2-12,17-18,22H,13-16H2,1H3. The van der Waals surface area contributed by atoms with Crippen LogP contribution in [-0.4, -0.2) is 48.3 Å². The van der Waals surface area contributed by atoms with Gasteiger partial charge in [0.05, 0.1) is 19.3 Å². The van der Waals surface area contributed by atoms with Gasteiger partial charge in [0.25, 0.3) is 0 Å². The molecule has 1 aliphatic heterocycles. The van der Waals surface area contributed by atoms with Crippen LogP contribution < -0.4 is 0 Å². The van der Waals surface area contributed by atoms with Gasteiger partial charge in [-0.3, -0.25) is 14.9 Å². The molecule has 2 aromatic heterocycles. The van der Waals surface area contributed by atoms with Gasteiger partial charge in [0.2, 0.25) is 0 Å². The van der Waals surface area contributed by atoms with Crippen molar-refractivity contribution in [2.75, 3.05) is 33.4 Å². The molecule has 3 heterocycles. The number of benzene rings is 1. The molecule has 4 rings (SSSR count). The smallest absolute Gasteiger partial charge is 0.140 e. The Morgan fingerprint density at radius 2 is 1.50 bits per heavy atom. The maximum atomic E-state index is 6.42. The number of hydrogen-bond acceptors (Lipinski definition) is 5. The Balaban J connectivity index is 1.96. The number of rotatable bonds is 6. The van der Waals surface area contributed by atoms with E-state index in [2.05, 4.69) is 51.3 Å². The van der Waals surface area contributed by atoms with Gasteiger partial charge in [-0.05, 0) is 17.7 Å². The summed E-state index contributed by atoms with van der Waals surface area (Å²) in [7, 11) is 1.77. The molecule has 1 aromatic carbocycles. The molecule has 0 amide bonds. The predicted octanol–water partition coefficient (Wildman–Crippen LogP) is 3.44. The number of pyridine rings is 2. The molecule has 0 saturated carbocycles. The Morgan fingerprint density at radius 3 is 2.00 bits per heavy atom. The van der Waals surface area contributed by atoms with Gasteiger partial charge >= 0.3 is 0 Å². The molecule has 1 aliphatic rings. The van der Waals surface area contributed by atoms with Gasteiger partial charge in [0.1, 0.15) is 5.60 Å². The molecular formula is C23H25N3O2. The second kappa shape index (κ2) is 8.61. The number of methoxy groups -OCH3 is 1. The highest BCUT2D eigenvalue weighted by molar-refractivity contribution is 5.40. The number of nitrogens with zero attached hydrogens (tertiary/aromatic N) is 3. The zero-order valence-corrected chi connectivity index (χ0v) is 16.1. The van der Waals surface area contributed by atoms with Gasteiger partial charge in [-0.2, -0.15) is 0 Å². The van der Waals surface area contributed by atoms with E-state index < -0.39 is 5.60 Å². The molecule has 1 saturated heterocycles. The fourth-order valence-corrected chi connectivity index (χ4v) is 4.17. The van der Waals surface area contributed by atoms with Crippen molar-refractivity contribution in [1.29, 1.82) is 0 Å². The van der Waals surface area contributed by atoms with E-state index in [0.717, 1.165) is 24.2 Å². The van der Waals surface area contributed by atoms with E-state index in [0.29, 0.717) is 13.2 Å². The maximum absolute atomic E-state index is 6.42. The molecule has 0 spiro atoms. The summed E-state index contributed by atoms with van der Waals surface area (Å²) in [5.74, 6) is 0. The summed E-state index contributed by atoms with van der Waals surface area (Å²) in [5.41, 5.74) is 2.46. The lowest BCUT2D eigenvalue weighted by atomic mass is 9.77. The topological polar surface area (TPSA) is 47.5 Å². The first kappa shape index (κ1) is 18.7. The molecule has 3 aromatic rings. The van der Waals surface area contributed by atoms with Crippen LogP contribution in [0.2, 0.25) is 0 Å². The van der Waals surface area contributed by atoms with E-state index in [9.17, 15) is 0 Å². The SMILES string of the molecule is COC(c1cccnc1)(c1cccnc1)C(c1ccccc1)N1CCOCC1. The van der Waals surface area contributed by atoms with Crippen LogP contribution in [0, 0.1) is 0 Å². The lowest BCUT2D eigenvalue weighted by Crippen LogP contribution is -2.50. The average Bonchev–Trinajstić information content (AvgIpc) is 2.80. The van der Waals surface area contributed by atoms with Crippen LogP contribution in [-0.2, 0) is 15.1 Å². The Kier molecular flexibility index (Phi) is 5.76. The molecule has 1 unspecified atom stereocenters. The van der Waals surface area contributed by atoms with Crippen LogP contribution in [0.1, 0.15) is 22.7 Å². The molecule has 1 fully saturated rings. The molecule has 144 valence electrons. The zero-order chi connectivity index (χ0) is 19.2. The van der Waals surface area contributed by atoms with E-state index in [4.69, 9.17) is 9.47 Å². The Hall–Kier alpha value is -2.60. The quantitative estimate of drug-likeness (QED) is 0.661. The third-order valence-corrected chi connectivity index (χ3v) is 5.41. The van der Waals surface area contributed by atoms with Gasteiger partial charge in [0, 0.05) is 56.1 Å². The highest BCUT2D eigenvalue weighted by Gasteiger charge is 2.47. The monoisotopic (exact) mass is 375 g/mol. The lowest BCUT2D eigenvalue weighted by molar-refractivity contribution is -0.0836. The fraction of sp³-hybridized carbons (Fsp3) is 0.304. The largest absolute Gasteiger partial charge is 0.379 e. The second-order valence-electron chi connectivity index (χ2n) is 6.88.